The summed E-state index contributed by atoms with van der Waals surface area (Å²) in [6, 6.07) is 6.63. The number of halogens is 4. The van der Waals surface area contributed by atoms with Crippen molar-refractivity contribution in [3.8, 4) is 0 Å². The van der Waals surface area contributed by atoms with Crippen LogP contribution in [0, 0.1) is 24.4 Å². The maximum Gasteiger partial charge on any atom is 0.152 e. The maximum atomic E-state index is 13.7. The van der Waals surface area contributed by atoms with E-state index in [1.54, 1.807) is 0 Å². The van der Waals surface area contributed by atoms with Gasteiger partial charge in [-0.15, -0.1) is 0 Å². The third-order valence-corrected chi connectivity index (χ3v) is 3.59. The van der Waals surface area contributed by atoms with Gasteiger partial charge in [0, 0.05) is 10.5 Å². The van der Waals surface area contributed by atoms with Crippen LogP contribution in [0.3, 0.4) is 0 Å². The van der Waals surface area contributed by atoms with Crippen molar-refractivity contribution >= 4 is 29.2 Å². The number of hydrogen-bond acceptors (Lipinski definition) is 2. The molecule has 0 aliphatic rings. The van der Waals surface area contributed by atoms with Crippen LogP contribution in [0.4, 0.5) is 18.9 Å². The van der Waals surface area contributed by atoms with E-state index in [-0.39, 0.29) is 16.3 Å². The number of rotatable bonds is 3. The summed E-state index contributed by atoms with van der Waals surface area (Å²) in [6.45, 7) is 5.36. The SMILES string of the molecule is CC.Cc1c(F)ccc(NSc2ccc(F)c(Cl)c2)c1F. The summed E-state index contributed by atoms with van der Waals surface area (Å²) in [6.07, 6.45) is 0. The Morgan fingerprint density at radius 3 is 2.24 bits per heavy atom. The molecule has 0 saturated carbocycles. The van der Waals surface area contributed by atoms with E-state index in [0.717, 1.165) is 11.9 Å². The first-order valence-electron chi connectivity index (χ1n) is 6.31. The Bertz CT molecular complexity index is 620. The number of anilines is 1. The van der Waals surface area contributed by atoms with Gasteiger partial charge >= 0.3 is 0 Å². The predicted molar refractivity (Wildman–Crippen MR) is 83.3 cm³/mol. The number of benzene rings is 2. The highest BCUT2D eigenvalue weighted by atomic mass is 35.5. The van der Waals surface area contributed by atoms with Crippen molar-refractivity contribution in [3.05, 3.63) is 58.4 Å². The third-order valence-electron chi connectivity index (χ3n) is 2.49. The Morgan fingerprint density at radius 1 is 1.00 bits per heavy atom. The van der Waals surface area contributed by atoms with Gasteiger partial charge in [0.2, 0.25) is 0 Å². The monoisotopic (exact) mass is 333 g/mol. The largest absolute Gasteiger partial charge is 0.323 e. The van der Waals surface area contributed by atoms with Crippen LogP contribution >= 0.6 is 23.5 Å². The van der Waals surface area contributed by atoms with Gasteiger partial charge < -0.3 is 4.72 Å². The van der Waals surface area contributed by atoms with Crippen LogP contribution in [0.1, 0.15) is 19.4 Å². The molecule has 0 atom stereocenters. The Kier molecular flexibility index (Phi) is 6.92. The fraction of sp³-hybridized carbons (Fsp3) is 0.200. The second-order valence-electron chi connectivity index (χ2n) is 3.81. The van der Waals surface area contributed by atoms with E-state index in [2.05, 4.69) is 4.72 Å². The minimum Gasteiger partial charge on any atom is -0.323 e. The van der Waals surface area contributed by atoms with Crippen molar-refractivity contribution < 1.29 is 13.2 Å². The summed E-state index contributed by atoms with van der Waals surface area (Å²) in [5.74, 6) is -1.77. The van der Waals surface area contributed by atoms with Gasteiger partial charge in [-0.3, -0.25) is 0 Å². The van der Waals surface area contributed by atoms with Crippen molar-refractivity contribution in [2.24, 2.45) is 0 Å². The van der Waals surface area contributed by atoms with Crippen LogP contribution in [0.15, 0.2) is 35.2 Å². The van der Waals surface area contributed by atoms with Crippen LogP contribution in [-0.2, 0) is 0 Å². The van der Waals surface area contributed by atoms with Gasteiger partial charge in [0.15, 0.2) is 5.82 Å². The predicted octanol–water partition coefficient (Wildman–Crippen LogP) is 6.21. The molecule has 0 spiro atoms. The molecule has 1 N–H and O–H groups in total. The van der Waals surface area contributed by atoms with Gasteiger partial charge in [0.25, 0.3) is 0 Å². The highest BCUT2D eigenvalue weighted by Gasteiger charge is 2.10. The first-order valence-corrected chi connectivity index (χ1v) is 7.51. The molecule has 114 valence electrons. The summed E-state index contributed by atoms with van der Waals surface area (Å²) < 4.78 is 42.5. The summed E-state index contributed by atoms with van der Waals surface area (Å²) in [4.78, 5) is 0.618. The van der Waals surface area contributed by atoms with E-state index in [1.165, 1.54) is 37.3 Å². The maximum absolute atomic E-state index is 13.7. The van der Waals surface area contributed by atoms with Crippen LogP contribution in [0.5, 0.6) is 0 Å². The Balaban J connectivity index is 0.00000106. The number of hydrogen-bond donors (Lipinski definition) is 1. The summed E-state index contributed by atoms with van der Waals surface area (Å²) in [5, 5.41) is -0.0115. The molecule has 0 amide bonds. The van der Waals surface area contributed by atoms with E-state index < -0.39 is 17.5 Å². The van der Waals surface area contributed by atoms with Crippen LogP contribution < -0.4 is 4.72 Å². The van der Waals surface area contributed by atoms with Gasteiger partial charge in [-0.2, -0.15) is 0 Å². The molecule has 2 aromatic carbocycles. The first-order chi connectivity index (χ1) is 9.99. The molecular formula is C15H15ClF3NS. The zero-order chi connectivity index (χ0) is 16.0. The zero-order valence-corrected chi connectivity index (χ0v) is 13.4. The fourth-order valence-corrected chi connectivity index (χ4v) is 2.34. The topological polar surface area (TPSA) is 12.0 Å². The van der Waals surface area contributed by atoms with Crippen LogP contribution in [0.25, 0.3) is 0 Å². The van der Waals surface area contributed by atoms with Crippen molar-refractivity contribution in [1.29, 1.82) is 0 Å². The quantitative estimate of drug-likeness (QED) is 0.670. The van der Waals surface area contributed by atoms with Crippen LogP contribution in [-0.4, -0.2) is 0 Å². The molecular weight excluding hydrogens is 319 g/mol. The van der Waals surface area contributed by atoms with Gasteiger partial charge in [-0.05, 0) is 49.2 Å². The van der Waals surface area contributed by atoms with Crippen molar-refractivity contribution in [2.45, 2.75) is 25.7 Å². The summed E-state index contributed by atoms with van der Waals surface area (Å²) >= 11 is 6.69. The molecule has 0 saturated heterocycles. The summed E-state index contributed by atoms with van der Waals surface area (Å²) in [5.41, 5.74) is 0.104. The van der Waals surface area contributed by atoms with Gasteiger partial charge in [0.1, 0.15) is 11.6 Å². The number of nitrogens with one attached hydrogen (secondary N) is 1. The molecule has 6 heteroatoms. The van der Waals surface area contributed by atoms with Gasteiger partial charge in [-0.1, -0.05) is 25.4 Å². The molecule has 0 aromatic heterocycles. The van der Waals surface area contributed by atoms with E-state index >= 15 is 0 Å². The smallest absolute Gasteiger partial charge is 0.152 e. The zero-order valence-electron chi connectivity index (χ0n) is 11.8. The van der Waals surface area contributed by atoms with E-state index in [1.807, 2.05) is 13.8 Å². The van der Waals surface area contributed by atoms with E-state index in [0.29, 0.717) is 4.90 Å². The lowest BCUT2D eigenvalue weighted by atomic mass is 10.2. The molecule has 0 unspecified atom stereocenters. The minimum absolute atomic E-state index is 0.0115. The van der Waals surface area contributed by atoms with E-state index in [4.69, 9.17) is 11.6 Å². The molecule has 0 aliphatic heterocycles. The van der Waals surface area contributed by atoms with Gasteiger partial charge in [0.05, 0.1) is 10.7 Å². The van der Waals surface area contributed by atoms with Gasteiger partial charge in [-0.25, -0.2) is 13.2 Å². The molecule has 0 bridgehead atoms. The second kappa shape index (κ2) is 8.20. The average molecular weight is 334 g/mol. The fourth-order valence-electron chi connectivity index (χ4n) is 1.39. The first kappa shape index (κ1) is 17.7. The van der Waals surface area contributed by atoms with Crippen molar-refractivity contribution in [3.63, 3.8) is 0 Å². The third kappa shape index (κ3) is 4.58. The van der Waals surface area contributed by atoms with Crippen molar-refractivity contribution in [2.75, 3.05) is 4.72 Å². The molecule has 0 aliphatic carbocycles. The van der Waals surface area contributed by atoms with Crippen LogP contribution in [0.2, 0.25) is 5.02 Å². The molecule has 2 rings (SSSR count). The normalized spacial score (nSPS) is 9.86. The van der Waals surface area contributed by atoms with E-state index in [9.17, 15) is 13.2 Å². The Hall–Kier alpha value is -1.33. The molecule has 2 aromatic rings. The highest BCUT2D eigenvalue weighted by Crippen LogP contribution is 2.28. The standard InChI is InChI=1S/C13H9ClF3NS.C2H6/c1-7-10(15)4-5-12(13(7)17)18-19-8-2-3-11(16)9(14)6-8;1-2/h2-6,18H,1H3;1-2H3. The highest BCUT2D eigenvalue weighted by molar-refractivity contribution is 8.00. The molecule has 21 heavy (non-hydrogen) atoms. The molecule has 0 radical (unpaired) electrons. The Morgan fingerprint density at radius 2 is 1.62 bits per heavy atom. The summed E-state index contributed by atoms with van der Waals surface area (Å²) in [7, 11) is 0. The molecule has 0 fully saturated rings. The lowest BCUT2D eigenvalue weighted by molar-refractivity contribution is 0.571. The minimum atomic E-state index is -0.652. The second-order valence-corrected chi connectivity index (χ2v) is 5.10. The van der Waals surface area contributed by atoms with Crippen molar-refractivity contribution in [1.82, 2.24) is 0 Å². The Labute approximate surface area is 131 Å². The average Bonchev–Trinajstić information content (AvgIpc) is 2.49. The molecule has 0 heterocycles. The lowest BCUT2D eigenvalue weighted by Gasteiger charge is -2.09. The molecule has 1 nitrogen and oxygen atoms in total. The lowest BCUT2D eigenvalue weighted by Crippen LogP contribution is -1.96.